The van der Waals surface area contributed by atoms with Gasteiger partial charge in [-0.1, -0.05) is 29.0 Å². The Morgan fingerprint density at radius 3 is 2.89 bits per heavy atom. The number of nitro groups is 1. The molecule has 0 amide bonds. The van der Waals surface area contributed by atoms with Crippen molar-refractivity contribution in [2.75, 3.05) is 5.32 Å². The highest BCUT2D eigenvalue weighted by atomic mass is 35.5. The van der Waals surface area contributed by atoms with Crippen molar-refractivity contribution >= 4 is 33.6 Å². The third-order valence-electron chi connectivity index (χ3n) is 2.42. The summed E-state index contributed by atoms with van der Waals surface area (Å²) in [7, 11) is 0. The van der Waals surface area contributed by atoms with Crippen LogP contribution in [0.4, 0.5) is 10.7 Å². The molecular formula is C12H11ClN2O2S. The second-order valence-corrected chi connectivity index (χ2v) is 5.18. The molecule has 1 heterocycles. The van der Waals surface area contributed by atoms with Crippen LogP contribution in [0.2, 0.25) is 5.02 Å². The molecule has 0 fully saturated rings. The summed E-state index contributed by atoms with van der Waals surface area (Å²) in [4.78, 5) is 10.2. The smallest absolute Gasteiger partial charge is 0.324 e. The first kappa shape index (κ1) is 12.9. The van der Waals surface area contributed by atoms with Gasteiger partial charge in [0.05, 0.1) is 15.6 Å². The first-order valence-corrected chi connectivity index (χ1v) is 6.54. The van der Waals surface area contributed by atoms with Crippen LogP contribution in [0.1, 0.15) is 11.1 Å². The average Bonchev–Trinajstić information content (AvgIpc) is 2.79. The lowest BCUT2D eigenvalue weighted by Gasteiger charge is -2.07. The number of nitrogens with zero attached hydrogens (tertiary/aromatic N) is 1. The topological polar surface area (TPSA) is 55.2 Å². The second kappa shape index (κ2) is 5.37. The van der Waals surface area contributed by atoms with E-state index in [1.165, 1.54) is 0 Å². The Balaban J connectivity index is 2.06. The van der Waals surface area contributed by atoms with Crippen molar-refractivity contribution in [3.05, 3.63) is 55.9 Å². The molecule has 1 N–H and O–H groups in total. The molecule has 0 aliphatic carbocycles. The Hall–Kier alpha value is -1.59. The van der Waals surface area contributed by atoms with Crippen molar-refractivity contribution in [2.24, 2.45) is 0 Å². The predicted octanol–water partition coefficient (Wildman–Crippen LogP) is 4.23. The summed E-state index contributed by atoms with van der Waals surface area (Å²) in [6.45, 7) is 2.50. The fourth-order valence-corrected chi connectivity index (χ4v) is 2.44. The molecule has 0 unspecified atom stereocenters. The predicted molar refractivity (Wildman–Crippen MR) is 74.5 cm³/mol. The summed E-state index contributed by atoms with van der Waals surface area (Å²) in [6.07, 6.45) is 0. The Bertz CT molecular complexity index is 583. The standard InChI is InChI=1S/C12H11ClN2O2S/c1-8-2-3-10(13)11(4-8)14-6-9-5-12(15(16)17)18-7-9/h2-5,7,14H,6H2,1H3. The maximum absolute atomic E-state index is 10.6. The van der Waals surface area contributed by atoms with E-state index in [-0.39, 0.29) is 9.92 Å². The van der Waals surface area contributed by atoms with Crippen molar-refractivity contribution < 1.29 is 4.92 Å². The average molecular weight is 283 g/mol. The number of aryl methyl sites for hydroxylation is 1. The quantitative estimate of drug-likeness (QED) is 0.674. The summed E-state index contributed by atoms with van der Waals surface area (Å²) in [5, 5.41) is 16.3. The minimum Gasteiger partial charge on any atom is -0.380 e. The lowest BCUT2D eigenvalue weighted by Crippen LogP contribution is -1.99. The number of hydrogen-bond acceptors (Lipinski definition) is 4. The number of thiophene rings is 1. The molecule has 1 aromatic heterocycles. The van der Waals surface area contributed by atoms with Gasteiger partial charge in [-0.2, -0.15) is 0 Å². The molecule has 0 aliphatic heterocycles. The van der Waals surface area contributed by atoms with Crippen LogP contribution in [0.3, 0.4) is 0 Å². The molecule has 0 radical (unpaired) electrons. The highest BCUT2D eigenvalue weighted by Gasteiger charge is 2.09. The Morgan fingerprint density at radius 2 is 2.22 bits per heavy atom. The lowest BCUT2D eigenvalue weighted by atomic mass is 10.2. The van der Waals surface area contributed by atoms with Gasteiger partial charge in [-0.3, -0.25) is 10.1 Å². The van der Waals surface area contributed by atoms with Crippen LogP contribution in [0.5, 0.6) is 0 Å². The fourth-order valence-electron chi connectivity index (χ4n) is 1.52. The van der Waals surface area contributed by atoms with Crippen molar-refractivity contribution in [3.63, 3.8) is 0 Å². The van der Waals surface area contributed by atoms with Gasteiger partial charge in [-0.25, -0.2) is 0 Å². The number of benzene rings is 1. The van der Waals surface area contributed by atoms with Gasteiger partial charge >= 0.3 is 5.00 Å². The van der Waals surface area contributed by atoms with E-state index in [0.717, 1.165) is 28.2 Å². The largest absolute Gasteiger partial charge is 0.380 e. The number of hydrogen-bond donors (Lipinski definition) is 1. The van der Waals surface area contributed by atoms with E-state index in [1.54, 1.807) is 11.4 Å². The zero-order valence-corrected chi connectivity index (χ0v) is 11.2. The molecule has 0 saturated heterocycles. The molecule has 0 aliphatic rings. The molecule has 18 heavy (non-hydrogen) atoms. The van der Waals surface area contributed by atoms with Gasteiger partial charge in [-0.15, -0.1) is 0 Å². The minimum atomic E-state index is -0.381. The van der Waals surface area contributed by atoms with E-state index in [1.807, 2.05) is 25.1 Å². The summed E-state index contributed by atoms with van der Waals surface area (Å²) >= 11 is 7.18. The third kappa shape index (κ3) is 3.00. The molecule has 94 valence electrons. The van der Waals surface area contributed by atoms with E-state index in [0.29, 0.717) is 11.6 Å². The summed E-state index contributed by atoms with van der Waals surface area (Å²) in [5.74, 6) is 0. The molecule has 0 bridgehead atoms. The summed E-state index contributed by atoms with van der Waals surface area (Å²) in [6, 6.07) is 7.28. The van der Waals surface area contributed by atoms with Crippen LogP contribution in [0.25, 0.3) is 0 Å². The molecule has 0 saturated carbocycles. The van der Waals surface area contributed by atoms with Gasteiger partial charge in [-0.05, 0) is 30.2 Å². The maximum atomic E-state index is 10.6. The maximum Gasteiger partial charge on any atom is 0.324 e. The molecule has 0 atom stereocenters. The van der Waals surface area contributed by atoms with E-state index >= 15 is 0 Å². The Labute approximate surface area is 113 Å². The van der Waals surface area contributed by atoms with E-state index in [4.69, 9.17) is 11.6 Å². The highest BCUT2D eigenvalue weighted by molar-refractivity contribution is 7.13. The van der Waals surface area contributed by atoms with Crippen LogP contribution in [0.15, 0.2) is 29.6 Å². The van der Waals surface area contributed by atoms with Crippen LogP contribution < -0.4 is 5.32 Å². The number of anilines is 1. The van der Waals surface area contributed by atoms with Crippen molar-refractivity contribution in [1.82, 2.24) is 0 Å². The number of halogens is 1. The first-order chi connectivity index (χ1) is 8.56. The van der Waals surface area contributed by atoms with Gasteiger partial charge < -0.3 is 5.32 Å². The lowest BCUT2D eigenvalue weighted by molar-refractivity contribution is -0.380. The van der Waals surface area contributed by atoms with Crippen molar-refractivity contribution in [2.45, 2.75) is 13.5 Å². The zero-order valence-electron chi connectivity index (χ0n) is 9.64. The molecule has 0 spiro atoms. The van der Waals surface area contributed by atoms with E-state index in [9.17, 15) is 10.1 Å². The molecule has 2 rings (SSSR count). The summed E-state index contributed by atoms with van der Waals surface area (Å²) < 4.78 is 0. The van der Waals surface area contributed by atoms with Crippen LogP contribution >= 0.6 is 22.9 Å². The Morgan fingerprint density at radius 1 is 1.44 bits per heavy atom. The van der Waals surface area contributed by atoms with Crippen LogP contribution in [-0.2, 0) is 6.54 Å². The fraction of sp³-hybridized carbons (Fsp3) is 0.167. The van der Waals surface area contributed by atoms with E-state index in [2.05, 4.69) is 5.32 Å². The number of rotatable bonds is 4. The molecule has 1 aromatic carbocycles. The van der Waals surface area contributed by atoms with Crippen LogP contribution in [-0.4, -0.2) is 4.92 Å². The molecule has 2 aromatic rings. The minimum absolute atomic E-state index is 0.155. The monoisotopic (exact) mass is 282 g/mol. The van der Waals surface area contributed by atoms with Crippen molar-refractivity contribution in [1.29, 1.82) is 0 Å². The van der Waals surface area contributed by atoms with Crippen LogP contribution in [0, 0.1) is 17.0 Å². The molecular weight excluding hydrogens is 272 g/mol. The van der Waals surface area contributed by atoms with E-state index < -0.39 is 0 Å². The number of nitrogens with one attached hydrogen (secondary N) is 1. The van der Waals surface area contributed by atoms with Gasteiger partial charge in [0.1, 0.15) is 0 Å². The van der Waals surface area contributed by atoms with Gasteiger partial charge in [0.15, 0.2) is 0 Å². The highest BCUT2D eigenvalue weighted by Crippen LogP contribution is 2.26. The normalized spacial score (nSPS) is 10.3. The Kier molecular flexibility index (Phi) is 3.84. The van der Waals surface area contributed by atoms with Crippen molar-refractivity contribution in [3.8, 4) is 0 Å². The molecule has 6 heteroatoms. The molecule has 4 nitrogen and oxygen atoms in total. The van der Waals surface area contributed by atoms with Gasteiger partial charge in [0, 0.05) is 18.0 Å². The zero-order chi connectivity index (χ0) is 13.1. The first-order valence-electron chi connectivity index (χ1n) is 5.28. The second-order valence-electron chi connectivity index (χ2n) is 3.89. The van der Waals surface area contributed by atoms with Gasteiger partial charge in [0.2, 0.25) is 0 Å². The SMILES string of the molecule is Cc1ccc(Cl)c(NCc2csc([N+](=O)[O-])c2)c1. The van der Waals surface area contributed by atoms with Gasteiger partial charge in [0.25, 0.3) is 0 Å². The third-order valence-corrected chi connectivity index (χ3v) is 3.68. The summed E-state index contributed by atoms with van der Waals surface area (Å²) in [5.41, 5.74) is 2.83.